The Bertz CT molecular complexity index is 819. The van der Waals surface area contributed by atoms with E-state index in [4.69, 9.17) is 4.52 Å². The van der Waals surface area contributed by atoms with Gasteiger partial charge in [0.25, 0.3) is 0 Å². The van der Waals surface area contributed by atoms with Crippen LogP contribution < -0.4 is 10.6 Å². The van der Waals surface area contributed by atoms with Gasteiger partial charge in [-0.15, -0.1) is 0 Å². The second-order valence-corrected chi connectivity index (χ2v) is 5.41. The normalized spacial score (nSPS) is 12.3. The Hall–Kier alpha value is -2.90. The lowest BCUT2D eigenvalue weighted by Gasteiger charge is -2.13. The number of anilines is 1. The third kappa shape index (κ3) is 3.01. The van der Waals surface area contributed by atoms with Gasteiger partial charge in [0, 0.05) is 18.0 Å². The van der Waals surface area contributed by atoms with Crippen LogP contribution in [0.25, 0.3) is 11.0 Å². The minimum atomic E-state index is -0.320. The van der Waals surface area contributed by atoms with Crippen LogP contribution in [0.3, 0.4) is 0 Å². The van der Waals surface area contributed by atoms with Crippen molar-refractivity contribution in [3.63, 3.8) is 0 Å². The smallest absolute Gasteiger partial charge is 0.319 e. The van der Waals surface area contributed by atoms with Crippen molar-refractivity contribution in [2.24, 2.45) is 0 Å². The first-order chi connectivity index (χ1) is 11.1. The Morgan fingerprint density at radius 3 is 2.83 bits per heavy atom. The van der Waals surface area contributed by atoms with Crippen molar-refractivity contribution in [1.82, 2.24) is 20.8 Å². The molecule has 0 aliphatic rings. The molecule has 0 saturated carbocycles. The molecule has 0 radical (unpaired) electrons. The molecule has 8 nitrogen and oxygen atoms in total. The van der Waals surface area contributed by atoms with E-state index in [1.165, 1.54) is 0 Å². The molecule has 120 valence electrons. The molecule has 3 aromatic rings. The van der Waals surface area contributed by atoms with Gasteiger partial charge in [-0.3, -0.25) is 0 Å². The summed E-state index contributed by atoms with van der Waals surface area (Å²) in [6.07, 6.45) is 0. The van der Waals surface area contributed by atoms with Crippen LogP contribution in [-0.4, -0.2) is 28.0 Å². The molecule has 1 unspecified atom stereocenters. The highest BCUT2D eigenvalue weighted by Gasteiger charge is 2.17. The van der Waals surface area contributed by atoms with Crippen LogP contribution in [0.2, 0.25) is 0 Å². The fourth-order valence-corrected chi connectivity index (χ4v) is 2.61. The molecule has 0 spiro atoms. The predicted octanol–water partition coefficient (Wildman–Crippen LogP) is 2.75. The van der Waals surface area contributed by atoms with Gasteiger partial charge in [0.05, 0.1) is 11.4 Å². The van der Waals surface area contributed by atoms with Crippen molar-refractivity contribution in [2.45, 2.75) is 26.7 Å². The summed E-state index contributed by atoms with van der Waals surface area (Å²) in [6, 6.07) is 4.95. The first-order valence-corrected chi connectivity index (χ1v) is 7.25. The number of nitrogens with zero attached hydrogens (tertiary/aromatic N) is 3. The van der Waals surface area contributed by atoms with E-state index in [-0.39, 0.29) is 11.9 Å². The van der Waals surface area contributed by atoms with Gasteiger partial charge < -0.3 is 15.2 Å². The van der Waals surface area contributed by atoms with E-state index in [1.54, 1.807) is 18.2 Å². The van der Waals surface area contributed by atoms with E-state index in [0.29, 0.717) is 23.3 Å². The van der Waals surface area contributed by atoms with Crippen LogP contribution in [0.4, 0.5) is 10.5 Å². The van der Waals surface area contributed by atoms with Crippen molar-refractivity contribution in [2.75, 3.05) is 11.9 Å². The lowest BCUT2D eigenvalue weighted by Crippen LogP contribution is -2.32. The monoisotopic (exact) mass is 315 g/mol. The van der Waals surface area contributed by atoms with Crippen LogP contribution >= 0.6 is 0 Å². The zero-order chi connectivity index (χ0) is 16.4. The summed E-state index contributed by atoms with van der Waals surface area (Å²) in [6.45, 7) is 6.22. The molecule has 2 aromatic heterocycles. The van der Waals surface area contributed by atoms with Gasteiger partial charge in [0.2, 0.25) is 0 Å². The van der Waals surface area contributed by atoms with E-state index in [2.05, 4.69) is 30.7 Å². The van der Waals surface area contributed by atoms with Crippen LogP contribution in [0.5, 0.6) is 0 Å². The Morgan fingerprint density at radius 1 is 1.26 bits per heavy atom. The Labute approximate surface area is 132 Å². The first kappa shape index (κ1) is 15.0. The molecule has 0 saturated heterocycles. The zero-order valence-corrected chi connectivity index (χ0v) is 13.1. The van der Waals surface area contributed by atoms with Gasteiger partial charge in [-0.25, -0.2) is 9.42 Å². The van der Waals surface area contributed by atoms with Gasteiger partial charge in [-0.05, 0) is 36.3 Å². The largest absolute Gasteiger partial charge is 0.361 e. The average Bonchev–Trinajstić information content (AvgIpc) is 3.12. The predicted molar refractivity (Wildman–Crippen MR) is 83.2 cm³/mol. The van der Waals surface area contributed by atoms with E-state index in [9.17, 15) is 4.79 Å². The van der Waals surface area contributed by atoms with E-state index < -0.39 is 0 Å². The van der Waals surface area contributed by atoms with Crippen LogP contribution in [0.15, 0.2) is 27.4 Å². The van der Waals surface area contributed by atoms with Crippen LogP contribution in [0, 0.1) is 13.8 Å². The molecule has 0 fully saturated rings. The molecular weight excluding hydrogens is 298 g/mol. The van der Waals surface area contributed by atoms with E-state index in [1.807, 2.05) is 20.8 Å². The van der Waals surface area contributed by atoms with E-state index in [0.717, 1.165) is 17.0 Å². The Kier molecular flexibility index (Phi) is 3.96. The molecule has 1 aromatic carbocycles. The number of aromatic nitrogens is 3. The summed E-state index contributed by atoms with van der Waals surface area (Å²) in [5.74, 6) is 0.868. The highest BCUT2D eigenvalue weighted by molar-refractivity contribution is 5.98. The molecule has 1 atom stereocenters. The number of carbonyl (C=O) groups is 1. The van der Waals surface area contributed by atoms with Crippen molar-refractivity contribution in [3.05, 3.63) is 35.2 Å². The Morgan fingerprint density at radius 2 is 2.09 bits per heavy atom. The maximum atomic E-state index is 12.1. The molecule has 8 heteroatoms. The summed E-state index contributed by atoms with van der Waals surface area (Å²) in [7, 11) is 0. The maximum Gasteiger partial charge on any atom is 0.319 e. The molecule has 2 N–H and O–H groups in total. The summed E-state index contributed by atoms with van der Waals surface area (Å²) >= 11 is 0. The average molecular weight is 315 g/mol. The van der Waals surface area contributed by atoms with E-state index >= 15 is 0 Å². The van der Waals surface area contributed by atoms with Gasteiger partial charge in [0.1, 0.15) is 11.3 Å². The second kappa shape index (κ2) is 6.07. The molecule has 0 aliphatic heterocycles. The number of hydrogen-bond donors (Lipinski definition) is 2. The molecular formula is C15H17N5O3. The fourth-order valence-electron chi connectivity index (χ4n) is 2.61. The standard InChI is InChI=1S/C15H17N5O3/c1-8(13-9(2)18-22-10(13)3)7-16-15(21)17-11-5-4-6-12-14(11)20-23-19-12/h4-6,8H,7H2,1-3H3,(H2,16,17,21). The molecule has 23 heavy (non-hydrogen) atoms. The van der Waals surface area contributed by atoms with Crippen molar-refractivity contribution in [1.29, 1.82) is 0 Å². The number of aryl methyl sites for hydroxylation is 2. The molecule has 3 rings (SSSR count). The summed E-state index contributed by atoms with van der Waals surface area (Å²) < 4.78 is 9.83. The SMILES string of the molecule is Cc1noc(C)c1C(C)CNC(=O)Nc1cccc2nonc12. The van der Waals surface area contributed by atoms with Crippen molar-refractivity contribution >= 4 is 22.8 Å². The number of rotatable bonds is 4. The number of urea groups is 1. The summed E-state index contributed by atoms with van der Waals surface area (Å²) in [4.78, 5) is 12.1. The molecule has 2 amide bonds. The quantitative estimate of drug-likeness (QED) is 0.766. The minimum Gasteiger partial charge on any atom is -0.361 e. The lowest BCUT2D eigenvalue weighted by atomic mass is 10.00. The van der Waals surface area contributed by atoms with Gasteiger partial charge in [0.15, 0.2) is 5.52 Å². The fraction of sp³-hybridized carbons (Fsp3) is 0.333. The number of carbonyl (C=O) groups excluding carboxylic acids is 1. The third-order valence-corrected chi connectivity index (χ3v) is 3.68. The molecule has 0 bridgehead atoms. The van der Waals surface area contributed by atoms with Crippen LogP contribution in [0.1, 0.15) is 29.9 Å². The molecule has 0 aliphatic carbocycles. The van der Waals surface area contributed by atoms with Gasteiger partial charge in [-0.2, -0.15) is 0 Å². The molecule has 2 heterocycles. The maximum absolute atomic E-state index is 12.1. The minimum absolute atomic E-state index is 0.0940. The van der Waals surface area contributed by atoms with Crippen molar-refractivity contribution < 1.29 is 13.9 Å². The topological polar surface area (TPSA) is 106 Å². The van der Waals surface area contributed by atoms with Crippen molar-refractivity contribution in [3.8, 4) is 0 Å². The number of amides is 2. The number of fused-ring (bicyclic) bond motifs is 1. The summed E-state index contributed by atoms with van der Waals surface area (Å²) in [5.41, 5.74) is 3.52. The highest BCUT2D eigenvalue weighted by atomic mass is 16.6. The number of hydrogen-bond acceptors (Lipinski definition) is 6. The van der Waals surface area contributed by atoms with Crippen LogP contribution in [-0.2, 0) is 0 Å². The Balaban J connectivity index is 1.63. The summed E-state index contributed by atoms with van der Waals surface area (Å²) in [5, 5.41) is 17.0. The van der Waals surface area contributed by atoms with Gasteiger partial charge in [-0.1, -0.05) is 18.1 Å². The third-order valence-electron chi connectivity index (χ3n) is 3.68. The number of benzene rings is 1. The second-order valence-electron chi connectivity index (χ2n) is 5.41. The number of nitrogens with one attached hydrogen (secondary N) is 2. The van der Waals surface area contributed by atoms with Gasteiger partial charge >= 0.3 is 6.03 Å². The lowest BCUT2D eigenvalue weighted by molar-refractivity contribution is 0.251. The first-order valence-electron chi connectivity index (χ1n) is 7.25. The highest BCUT2D eigenvalue weighted by Crippen LogP contribution is 2.22. The zero-order valence-electron chi connectivity index (χ0n) is 13.1.